The van der Waals surface area contributed by atoms with E-state index in [4.69, 9.17) is 4.74 Å². The summed E-state index contributed by atoms with van der Waals surface area (Å²) in [4.78, 5) is 4.63. The molecule has 0 aliphatic carbocycles. The zero-order valence-electron chi connectivity index (χ0n) is 12.1. The van der Waals surface area contributed by atoms with E-state index in [1.165, 1.54) is 0 Å². The maximum absolute atomic E-state index is 5.83. The maximum Gasteiger partial charge on any atom is 0.218 e. The summed E-state index contributed by atoms with van der Waals surface area (Å²) >= 11 is 0. The van der Waals surface area contributed by atoms with Crippen LogP contribution in [-0.2, 0) is 6.54 Å². The van der Waals surface area contributed by atoms with Crippen LogP contribution in [0, 0.1) is 0 Å². The molecule has 3 heteroatoms. The van der Waals surface area contributed by atoms with Crippen molar-refractivity contribution in [3.63, 3.8) is 0 Å². The van der Waals surface area contributed by atoms with Crippen molar-refractivity contribution in [3.8, 4) is 5.88 Å². The molecule has 0 aliphatic rings. The van der Waals surface area contributed by atoms with Crippen molar-refractivity contribution in [3.05, 3.63) is 35.9 Å². The number of hydrogen-bond acceptors (Lipinski definition) is 3. The first-order valence-corrected chi connectivity index (χ1v) is 6.85. The molecule has 19 heavy (non-hydrogen) atoms. The van der Waals surface area contributed by atoms with E-state index in [0.29, 0.717) is 6.04 Å². The summed E-state index contributed by atoms with van der Waals surface area (Å²) in [6, 6.07) is 10.7. The summed E-state index contributed by atoms with van der Waals surface area (Å²) in [5.74, 6) is 0.738. The van der Waals surface area contributed by atoms with Crippen molar-refractivity contribution in [2.75, 3.05) is 0 Å². The highest BCUT2D eigenvalue weighted by atomic mass is 16.5. The minimum Gasteiger partial charge on any atom is -0.475 e. The number of benzene rings is 1. The third kappa shape index (κ3) is 3.67. The number of para-hydroxylation sites is 1. The van der Waals surface area contributed by atoms with Gasteiger partial charge in [-0.1, -0.05) is 32.0 Å². The predicted octanol–water partition coefficient (Wildman–Crippen LogP) is 3.52. The standard InChI is InChI=1S/C16H22N2O/c1-11(2)17-10-14-9-13-7-5-6-8-15(13)18-16(14)19-12(3)4/h5-9,11-12,17H,10H2,1-4H3. The number of ether oxygens (including phenoxy) is 1. The van der Waals surface area contributed by atoms with Crippen molar-refractivity contribution >= 4 is 10.9 Å². The summed E-state index contributed by atoms with van der Waals surface area (Å²) in [5.41, 5.74) is 2.09. The Morgan fingerprint density at radius 3 is 2.58 bits per heavy atom. The second kappa shape index (κ2) is 6.02. The van der Waals surface area contributed by atoms with Crippen molar-refractivity contribution in [2.45, 2.75) is 46.4 Å². The molecule has 0 radical (unpaired) electrons. The Kier molecular flexibility index (Phi) is 4.38. The largest absolute Gasteiger partial charge is 0.475 e. The lowest BCUT2D eigenvalue weighted by molar-refractivity contribution is 0.230. The van der Waals surface area contributed by atoms with Crippen LogP contribution in [0.5, 0.6) is 5.88 Å². The summed E-state index contributed by atoms with van der Waals surface area (Å²) in [6.07, 6.45) is 0.131. The van der Waals surface area contributed by atoms with Gasteiger partial charge >= 0.3 is 0 Å². The smallest absolute Gasteiger partial charge is 0.218 e. The molecule has 0 saturated carbocycles. The van der Waals surface area contributed by atoms with Gasteiger partial charge in [0.15, 0.2) is 0 Å². The third-order valence-electron chi connectivity index (χ3n) is 2.81. The summed E-state index contributed by atoms with van der Waals surface area (Å²) < 4.78 is 5.83. The van der Waals surface area contributed by atoms with Crippen LogP contribution in [0.3, 0.4) is 0 Å². The average molecular weight is 258 g/mol. The molecule has 0 unspecified atom stereocenters. The molecule has 1 heterocycles. The molecule has 1 aromatic carbocycles. The van der Waals surface area contributed by atoms with E-state index in [2.05, 4.69) is 36.3 Å². The topological polar surface area (TPSA) is 34.2 Å². The zero-order chi connectivity index (χ0) is 13.8. The van der Waals surface area contributed by atoms with Gasteiger partial charge in [0, 0.05) is 23.5 Å². The molecule has 0 saturated heterocycles. The molecule has 1 aromatic heterocycles. The zero-order valence-corrected chi connectivity index (χ0v) is 12.1. The van der Waals surface area contributed by atoms with Crippen molar-refractivity contribution < 1.29 is 4.74 Å². The Morgan fingerprint density at radius 1 is 1.16 bits per heavy atom. The molecule has 0 bridgehead atoms. The van der Waals surface area contributed by atoms with Gasteiger partial charge < -0.3 is 10.1 Å². The number of pyridine rings is 1. The molecular formula is C16H22N2O. The molecule has 2 aromatic rings. The number of rotatable bonds is 5. The van der Waals surface area contributed by atoms with Crippen LogP contribution >= 0.6 is 0 Å². The fraction of sp³-hybridized carbons (Fsp3) is 0.438. The molecule has 0 aliphatic heterocycles. The first kappa shape index (κ1) is 13.8. The summed E-state index contributed by atoms with van der Waals surface area (Å²) in [6.45, 7) is 9.10. The van der Waals surface area contributed by atoms with Gasteiger partial charge in [0.25, 0.3) is 0 Å². The van der Waals surface area contributed by atoms with Crippen LogP contribution in [0.2, 0.25) is 0 Å². The third-order valence-corrected chi connectivity index (χ3v) is 2.81. The van der Waals surface area contributed by atoms with Gasteiger partial charge in [0.2, 0.25) is 5.88 Å². The van der Waals surface area contributed by atoms with E-state index in [1.54, 1.807) is 0 Å². The van der Waals surface area contributed by atoms with Gasteiger partial charge in [-0.25, -0.2) is 4.98 Å². The second-order valence-corrected chi connectivity index (χ2v) is 5.35. The lowest BCUT2D eigenvalue weighted by Gasteiger charge is -2.16. The Balaban J connectivity index is 2.38. The molecule has 0 amide bonds. The van der Waals surface area contributed by atoms with E-state index in [-0.39, 0.29) is 6.10 Å². The minimum atomic E-state index is 0.131. The van der Waals surface area contributed by atoms with E-state index < -0.39 is 0 Å². The van der Waals surface area contributed by atoms with E-state index in [0.717, 1.165) is 28.9 Å². The maximum atomic E-state index is 5.83. The highest BCUT2D eigenvalue weighted by molar-refractivity contribution is 5.80. The van der Waals surface area contributed by atoms with Gasteiger partial charge in [-0.05, 0) is 26.0 Å². The average Bonchev–Trinajstić information content (AvgIpc) is 2.35. The monoisotopic (exact) mass is 258 g/mol. The fourth-order valence-electron chi connectivity index (χ4n) is 1.91. The quantitative estimate of drug-likeness (QED) is 0.891. The molecule has 3 nitrogen and oxygen atoms in total. The van der Waals surface area contributed by atoms with Crippen LogP contribution in [0.15, 0.2) is 30.3 Å². The first-order chi connectivity index (χ1) is 9.06. The number of nitrogens with one attached hydrogen (secondary N) is 1. The predicted molar refractivity (Wildman–Crippen MR) is 79.5 cm³/mol. The Labute approximate surface area is 115 Å². The number of nitrogens with zero attached hydrogens (tertiary/aromatic N) is 1. The van der Waals surface area contributed by atoms with E-state index in [9.17, 15) is 0 Å². The molecule has 0 atom stereocenters. The SMILES string of the molecule is CC(C)NCc1cc2ccccc2nc1OC(C)C. The van der Waals surface area contributed by atoms with Crippen LogP contribution < -0.4 is 10.1 Å². The fourth-order valence-corrected chi connectivity index (χ4v) is 1.91. The highest BCUT2D eigenvalue weighted by Gasteiger charge is 2.10. The van der Waals surface area contributed by atoms with Gasteiger partial charge in [-0.2, -0.15) is 0 Å². The Bertz CT molecular complexity index is 549. The van der Waals surface area contributed by atoms with Gasteiger partial charge in [0.05, 0.1) is 11.6 Å². The summed E-state index contributed by atoms with van der Waals surface area (Å²) in [7, 11) is 0. The molecule has 2 rings (SSSR count). The lowest BCUT2D eigenvalue weighted by Crippen LogP contribution is -2.23. The number of hydrogen-bond donors (Lipinski definition) is 1. The van der Waals surface area contributed by atoms with Crippen LogP contribution in [0.25, 0.3) is 10.9 Å². The number of fused-ring (bicyclic) bond motifs is 1. The van der Waals surface area contributed by atoms with Crippen molar-refractivity contribution in [1.82, 2.24) is 10.3 Å². The van der Waals surface area contributed by atoms with E-state index >= 15 is 0 Å². The molecule has 102 valence electrons. The Morgan fingerprint density at radius 2 is 1.89 bits per heavy atom. The minimum absolute atomic E-state index is 0.131. The normalized spacial score (nSPS) is 11.5. The Hall–Kier alpha value is -1.61. The first-order valence-electron chi connectivity index (χ1n) is 6.85. The lowest BCUT2D eigenvalue weighted by atomic mass is 10.1. The second-order valence-electron chi connectivity index (χ2n) is 5.35. The van der Waals surface area contributed by atoms with E-state index in [1.807, 2.05) is 32.0 Å². The molecular weight excluding hydrogens is 236 g/mol. The summed E-state index contributed by atoms with van der Waals surface area (Å²) in [5, 5.41) is 4.57. The molecule has 1 N–H and O–H groups in total. The van der Waals surface area contributed by atoms with Crippen LogP contribution in [0.1, 0.15) is 33.3 Å². The molecule has 0 fully saturated rings. The van der Waals surface area contributed by atoms with Gasteiger partial charge in [-0.15, -0.1) is 0 Å². The highest BCUT2D eigenvalue weighted by Crippen LogP contribution is 2.23. The van der Waals surface area contributed by atoms with Crippen LogP contribution in [-0.4, -0.2) is 17.1 Å². The van der Waals surface area contributed by atoms with Gasteiger partial charge in [-0.3, -0.25) is 0 Å². The number of aromatic nitrogens is 1. The van der Waals surface area contributed by atoms with Crippen LogP contribution in [0.4, 0.5) is 0 Å². The molecule has 0 spiro atoms. The van der Waals surface area contributed by atoms with Crippen molar-refractivity contribution in [1.29, 1.82) is 0 Å². The van der Waals surface area contributed by atoms with Gasteiger partial charge in [0.1, 0.15) is 0 Å². The van der Waals surface area contributed by atoms with Crippen molar-refractivity contribution in [2.24, 2.45) is 0 Å².